The summed E-state index contributed by atoms with van der Waals surface area (Å²) in [4.78, 5) is 17.5. The molecule has 1 aromatic heterocycles. The van der Waals surface area contributed by atoms with E-state index in [4.69, 9.17) is 4.74 Å². The Kier molecular flexibility index (Phi) is 6.90. The number of nitrogens with one attached hydrogen (secondary N) is 1. The number of hydrogen-bond donors (Lipinski definition) is 2. The Balaban J connectivity index is 2.04. The van der Waals surface area contributed by atoms with Gasteiger partial charge >= 0.3 is 0 Å². The smallest absolute Gasteiger partial charge is 0.263 e. The molecule has 6 heteroatoms. The van der Waals surface area contributed by atoms with E-state index in [1.54, 1.807) is 7.11 Å². The van der Waals surface area contributed by atoms with Crippen molar-refractivity contribution in [2.75, 3.05) is 20.3 Å². The number of hydrogen-bond acceptors (Lipinski definition) is 5. The van der Waals surface area contributed by atoms with Crippen LogP contribution in [0.25, 0.3) is 0 Å². The number of amides is 1. The van der Waals surface area contributed by atoms with Crippen LogP contribution in [0.5, 0.6) is 0 Å². The highest BCUT2D eigenvalue weighted by molar-refractivity contribution is 7.13. The Morgan fingerprint density at radius 3 is 2.71 bits per heavy atom. The standard InChI is InChI=1S/C18H24N2O3S/c1-12-16(24-18(20-12)13(2)23-3)17(22)19-11-15(9-10-21)14-7-5-4-6-8-14/h4-8,13,15,21H,9-11H2,1-3H3,(H,19,22). The number of nitrogens with zero attached hydrogens (tertiary/aromatic N) is 1. The average molecular weight is 348 g/mol. The number of aliphatic hydroxyl groups is 1. The minimum atomic E-state index is -0.126. The van der Waals surface area contributed by atoms with E-state index in [0.717, 1.165) is 16.3 Å². The van der Waals surface area contributed by atoms with Gasteiger partial charge in [-0.2, -0.15) is 0 Å². The summed E-state index contributed by atoms with van der Waals surface area (Å²) in [6.07, 6.45) is 0.486. The minimum absolute atomic E-state index is 0.0878. The number of aryl methyl sites for hydroxylation is 1. The summed E-state index contributed by atoms with van der Waals surface area (Å²) in [6, 6.07) is 9.92. The lowest BCUT2D eigenvalue weighted by Gasteiger charge is -2.17. The highest BCUT2D eigenvalue weighted by Gasteiger charge is 2.19. The predicted octanol–water partition coefficient (Wildman–Crippen LogP) is 3.05. The monoisotopic (exact) mass is 348 g/mol. The molecule has 5 nitrogen and oxygen atoms in total. The topological polar surface area (TPSA) is 71.5 Å². The van der Waals surface area contributed by atoms with Gasteiger partial charge in [0.1, 0.15) is 16.0 Å². The quantitative estimate of drug-likeness (QED) is 0.769. The minimum Gasteiger partial charge on any atom is -0.396 e. The largest absolute Gasteiger partial charge is 0.396 e. The maximum atomic E-state index is 12.5. The highest BCUT2D eigenvalue weighted by atomic mass is 32.1. The summed E-state index contributed by atoms with van der Waals surface area (Å²) in [7, 11) is 1.63. The lowest BCUT2D eigenvalue weighted by molar-refractivity contribution is 0.0952. The number of benzene rings is 1. The van der Waals surface area contributed by atoms with E-state index in [-0.39, 0.29) is 24.5 Å². The van der Waals surface area contributed by atoms with Gasteiger partial charge in [0.05, 0.1) is 5.69 Å². The lowest BCUT2D eigenvalue weighted by Crippen LogP contribution is -2.28. The summed E-state index contributed by atoms with van der Waals surface area (Å²) in [5.41, 5.74) is 1.83. The molecule has 2 N–H and O–H groups in total. The Morgan fingerprint density at radius 1 is 1.38 bits per heavy atom. The van der Waals surface area contributed by atoms with Crippen molar-refractivity contribution >= 4 is 17.2 Å². The summed E-state index contributed by atoms with van der Waals surface area (Å²) >= 11 is 1.36. The van der Waals surface area contributed by atoms with Gasteiger partial charge in [-0.3, -0.25) is 4.79 Å². The van der Waals surface area contributed by atoms with Crippen LogP contribution in [0.4, 0.5) is 0 Å². The molecule has 0 aliphatic carbocycles. The summed E-state index contributed by atoms with van der Waals surface area (Å²) < 4.78 is 5.26. The maximum Gasteiger partial charge on any atom is 0.263 e. The number of aliphatic hydroxyl groups excluding tert-OH is 1. The first-order valence-corrected chi connectivity index (χ1v) is 8.82. The molecule has 1 amide bonds. The molecule has 2 rings (SSSR count). The maximum absolute atomic E-state index is 12.5. The number of methoxy groups -OCH3 is 1. The third-order valence-corrected chi connectivity index (χ3v) is 5.30. The van der Waals surface area contributed by atoms with Crippen LogP contribution in [-0.4, -0.2) is 36.3 Å². The number of carbonyl (C=O) groups excluding carboxylic acids is 1. The molecule has 0 radical (unpaired) electrons. The van der Waals surface area contributed by atoms with Crippen molar-refractivity contribution < 1.29 is 14.6 Å². The first-order valence-electron chi connectivity index (χ1n) is 8.01. The van der Waals surface area contributed by atoms with E-state index in [2.05, 4.69) is 10.3 Å². The fraction of sp³-hybridized carbons (Fsp3) is 0.444. The van der Waals surface area contributed by atoms with E-state index in [1.165, 1.54) is 11.3 Å². The Morgan fingerprint density at radius 2 is 2.08 bits per heavy atom. The molecule has 24 heavy (non-hydrogen) atoms. The molecule has 0 saturated heterocycles. The zero-order valence-electron chi connectivity index (χ0n) is 14.3. The second-order valence-electron chi connectivity index (χ2n) is 5.67. The highest BCUT2D eigenvalue weighted by Crippen LogP contribution is 2.25. The van der Waals surface area contributed by atoms with Crippen molar-refractivity contribution in [3.8, 4) is 0 Å². The van der Waals surface area contributed by atoms with Crippen LogP contribution < -0.4 is 5.32 Å². The first kappa shape index (κ1) is 18.6. The molecule has 0 bridgehead atoms. The molecule has 0 fully saturated rings. The van der Waals surface area contributed by atoms with Gasteiger partial charge in [0, 0.05) is 26.2 Å². The molecule has 2 aromatic rings. The van der Waals surface area contributed by atoms with Gasteiger partial charge in [0.25, 0.3) is 5.91 Å². The Bertz CT molecular complexity index is 658. The SMILES string of the molecule is COC(C)c1nc(C)c(C(=O)NCC(CCO)c2ccccc2)s1. The van der Waals surface area contributed by atoms with Crippen molar-refractivity contribution in [3.63, 3.8) is 0 Å². The Hall–Kier alpha value is -1.76. The fourth-order valence-electron chi connectivity index (χ4n) is 2.47. The van der Waals surface area contributed by atoms with Crippen LogP contribution in [-0.2, 0) is 4.74 Å². The van der Waals surface area contributed by atoms with Crippen molar-refractivity contribution in [1.29, 1.82) is 0 Å². The number of carbonyl (C=O) groups is 1. The third-order valence-electron chi connectivity index (χ3n) is 3.98. The molecule has 0 saturated carbocycles. The van der Waals surface area contributed by atoms with Gasteiger partial charge in [-0.05, 0) is 25.8 Å². The zero-order chi connectivity index (χ0) is 17.5. The number of thiazole rings is 1. The average Bonchev–Trinajstić information content (AvgIpc) is 3.00. The van der Waals surface area contributed by atoms with Gasteiger partial charge in [0.15, 0.2) is 0 Å². The van der Waals surface area contributed by atoms with Gasteiger partial charge in [-0.25, -0.2) is 4.98 Å². The van der Waals surface area contributed by atoms with Gasteiger partial charge < -0.3 is 15.2 Å². The molecule has 2 atom stereocenters. The molecule has 1 aromatic carbocycles. The van der Waals surface area contributed by atoms with Crippen LogP contribution in [0, 0.1) is 6.92 Å². The zero-order valence-corrected chi connectivity index (χ0v) is 15.1. The van der Waals surface area contributed by atoms with E-state index in [9.17, 15) is 9.90 Å². The van der Waals surface area contributed by atoms with E-state index in [0.29, 0.717) is 17.8 Å². The van der Waals surface area contributed by atoms with Crippen LogP contribution in [0.2, 0.25) is 0 Å². The molecule has 130 valence electrons. The van der Waals surface area contributed by atoms with E-state index < -0.39 is 0 Å². The van der Waals surface area contributed by atoms with Crippen molar-refractivity contribution in [1.82, 2.24) is 10.3 Å². The predicted molar refractivity (Wildman–Crippen MR) is 95.5 cm³/mol. The number of rotatable bonds is 8. The second kappa shape index (κ2) is 8.92. The lowest BCUT2D eigenvalue weighted by atomic mass is 9.96. The molecule has 0 aliphatic rings. The molecule has 0 spiro atoms. The summed E-state index contributed by atoms with van der Waals surface area (Å²) in [6.45, 7) is 4.31. The van der Waals surface area contributed by atoms with Crippen molar-refractivity contribution in [3.05, 3.63) is 51.5 Å². The molecule has 2 unspecified atom stereocenters. The van der Waals surface area contributed by atoms with Crippen molar-refractivity contribution in [2.24, 2.45) is 0 Å². The van der Waals surface area contributed by atoms with Crippen LogP contribution in [0.1, 0.15) is 51.3 Å². The second-order valence-corrected chi connectivity index (χ2v) is 6.71. The summed E-state index contributed by atoms with van der Waals surface area (Å²) in [5, 5.41) is 13.1. The van der Waals surface area contributed by atoms with Gasteiger partial charge in [-0.1, -0.05) is 30.3 Å². The fourth-order valence-corrected chi connectivity index (χ4v) is 3.48. The number of aromatic nitrogens is 1. The van der Waals surface area contributed by atoms with E-state index in [1.807, 2.05) is 44.2 Å². The van der Waals surface area contributed by atoms with Gasteiger partial charge in [-0.15, -0.1) is 11.3 Å². The molecule has 1 heterocycles. The van der Waals surface area contributed by atoms with Crippen LogP contribution in [0.15, 0.2) is 30.3 Å². The summed E-state index contributed by atoms with van der Waals surface area (Å²) in [5.74, 6) is -0.0378. The molecular weight excluding hydrogens is 324 g/mol. The van der Waals surface area contributed by atoms with Gasteiger partial charge in [0.2, 0.25) is 0 Å². The molecule has 0 aliphatic heterocycles. The Labute approximate surface area is 146 Å². The third kappa shape index (κ3) is 4.63. The normalized spacial score (nSPS) is 13.5. The van der Waals surface area contributed by atoms with Crippen molar-refractivity contribution in [2.45, 2.75) is 32.3 Å². The first-order chi connectivity index (χ1) is 11.6. The molecular formula is C18H24N2O3S. The van der Waals surface area contributed by atoms with E-state index >= 15 is 0 Å². The number of ether oxygens (including phenoxy) is 1. The van der Waals surface area contributed by atoms with Crippen LogP contribution >= 0.6 is 11.3 Å². The van der Waals surface area contributed by atoms with Crippen LogP contribution in [0.3, 0.4) is 0 Å².